The summed E-state index contributed by atoms with van der Waals surface area (Å²) in [5, 5.41) is 4.40. The maximum atomic E-state index is 13.5. The van der Waals surface area contributed by atoms with Crippen LogP contribution in [0, 0.1) is 6.92 Å². The van der Waals surface area contributed by atoms with Gasteiger partial charge in [0.15, 0.2) is 0 Å². The number of hydrogen-bond acceptors (Lipinski definition) is 5. The second-order valence-electron chi connectivity index (χ2n) is 9.74. The lowest BCUT2D eigenvalue weighted by Gasteiger charge is -2.41. The molecule has 1 saturated carbocycles. The molecule has 1 aliphatic heterocycles. The van der Waals surface area contributed by atoms with E-state index in [0.717, 1.165) is 63.6 Å². The highest BCUT2D eigenvalue weighted by atomic mass is 28.1. The highest BCUT2D eigenvalue weighted by Gasteiger charge is 2.47. The number of nitrogens with zero attached hydrogens (tertiary/aromatic N) is 2. The van der Waals surface area contributed by atoms with Crippen LogP contribution in [-0.2, 0) is 5.54 Å². The smallest absolute Gasteiger partial charge is 0.252 e. The van der Waals surface area contributed by atoms with Gasteiger partial charge in [-0.3, -0.25) is 9.78 Å². The molecule has 1 saturated heterocycles. The van der Waals surface area contributed by atoms with E-state index in [0.29, 0.717) is 23.0 Å². The van der Waals surface area contributed by atoms with E-state index in [4.69, 9.17) is 10.5 Å². The number of nitrogens with one attached hydrogen (secondary N) is 1. The van der Waals surface area contributed by atoms with Crippen LogP contribution in [0.25, 0.3) is 17.0 Å². The minimum Gasteiger partial charge on any atom is -0.491 e. The number of nitrogens with two attached hydrogens (primary N) is 1. The second kappa shape index (κ2) is 8.56. The predicted molar refractivity (Wildman–Crippen MR) is 141 cm³/mol. The van der Waals surface area contributed by atoms with Crippen LogP contribution in [0.5, 0.6) is 5.75 Å². The highest BCUT2D eigenvalue weighted by Crippen LogP contribution is 2.48. The molecule has 6 nitrogen and oxygen atoms in total. The summed E-state index contributed by atoms with van der Waals surface area (Å²) in [6, 6.07) is 12.3. The van der Waals surface area contributed by atoms with Gasteiger partial charge in [0.1, 0.15) is 5.75 Å². The van der Waals surface area contributed by atoms with Gasteiger partial charge >= 0.3 is 0 Å². The van der Waals surface area contributed by atoms with Gasteiger partial charge in [-0.2, -0.15) is 0 Å². The molecule has 0 radical (unpaired) electrons. The van der Waals surface area contributed by atoms with Crippen LogP contribution in [-0.4, -0.2) is 51.4 Å². The van der Waals surface area contributed by atoms with E-state index in [2.05, 4.69) is 41.0 Å². The maximum absolute atomic E-state index is 13.5. The first-order valence-electron chi connectivity index (χ1n) is 11.9. The maximum Gasteiger partial charge on any atom is 0.252 e. The first kappa shape index (κ1) is 22.6. The van der Waals surface area contributed by atoms with Gasteiger partial charge in [-0.25, -0.2) is 0 Å². The number of likely N-dealkylation sites (N-methyl/N-ethyl adjacent to an activating group) is 1. The average molecular weight is 473 g/mol. The predicted octanol–water partition coefficient (Wildman–Crippen LogP) is 2.96. The van der Waals surface area contributed by atoms with Crippen molar-refractivity contribution in [3.05, 3.63) is 71.4 Å². The fraction of sp³-hybridized carbons (Fsp3) is 0.333. The standard InChI is InChI=1S/C27H32N4O2Si/c1-4-17-13-20(18-6-5-10-29-22(18)14-17)27(8-9-27)30-25(32)19-15-24(21(28)12-16(19)2)33-26(34)23-7-11-31(23)3/h4-6,10,12-15,23,26H,1,7-9,11,28H2,2-3,34H3,(H,30,32)/t23-,26?/m0/s1. The molecular weight excluding hydrogens is 440 g/mol. The Morgan fingerprint density at radius 2 is 2.18 bits per heavy atom. The molecule has 2 aromatic carbocycles. The zero-order valence-corrected chi connectivity index (χ0v) is 22.1. The zero-order chi connectivity index (χ0) is 24.0. The molecule has 1 aromatic heterocycles. The Hall–Kier alpha value is -3.16. The first-order valence-corrected chi connectivity index (χ1v) is 13.1. The zero-order valence-electron chi connectivity index (χ0n) is 20.1. The van der Waals surface area contributed by atoms with E-state index in [9.17, 15) is 4.79 Å². The second-order valence-corrected chi connectivity index (χ2v) is 10.9. The summed E-state index contributed by atoms with van der Waals surface area (Å²) < 4.78 is 6.28. The van der Waals surface area contributed by atoms with Gasteiger partial charge < -0.3 is 20.7 Å². The molecule has 34 heavy (non-hydrogen) atoms. The average Bonchev–Trinajstić information content (AvgIpc) is 3.59. The number of amides is 1. The molecule has 5 rings (SSSR count). The summed E-state index contributed by atoms with van der Waals surface area (Å²) in [6.45, 7) is 6.95. The minimum atomic E-state index is -0.402. The molecule has 3 aromatic rings. The summed E-state index contributed by atoms with van der Waals surface area (Å²) in [4.78, 5) is 20.4. The molecule has 2 heterocycles. The SMILES string of the molecule is C=Cc1cc(C2(NC(=O)c3cc(OC([SiH3])[C@@H]4CCN4C)c(N)cc3C)CC2)c2cccnc2c1. The molecule has 2 aliphatic rings. The van der Waals surface area contributed by atoms with Crippen LogP contribution >= 0.6 is 0 Å². The van der Waals surface area contributed by atoms with Crippen LogP contribution in [0.15, 0.2) is 49.2 Å². The molecule has 0 spiro atoms. The van der Waals surface area contributed by atoms with Crippen molar-refractivity contribution in [1.29, 1.82) is 0 Å². The molecule has 2 atom stereocenters. The summed E-state index contributed by atoms with van der Waals surface area (Å²) in [5.41, 5.74) is 11.1. The van der Waals surface area contributed by atoms with Crippen LogP contribution in [0.2, 0.25) is 0 Å². The van der Waals surface area contributed by atoms with Crippen molar-refractivity contribution in [1.82, 2.24) is 15.2 Å². The number of rotatable bonds is 7. The summed E-state index contributed by atoms with van der Waals surface area (Å²) in [5.74, 6) is 0.496. The van der Waals surface area contributed by atoms with Gasteiger partial charge in [-0.15, -0.1) is 0 Å². The highest BCUT2D eigenvalue weighted by molar-refractivity contribution is 6.12. The summed E-state index contributed by atoms with van der Waals surface area (Å²) in [7, 11) is 3.01. The number of pyridine rings is 1. The van der Waals surface area contributed by atoms with Gasteiger partial charge in [-0.05, 0) is 86.8 Å². The molecule has 3 N–H and O–H groups in total. The van der Waals surface area contributed by atoms with Gasteiger partial charge in [0.05, 0.1) is 32.7 Å². The van der Waals surface area contributed by atoms with Crippen molar-refractivity contribution < 1.29 is 9.53 Å². The Morgan fingerprint density at radius 3 is 2.82 bits per heavy atom. The van der Waals surface area contributed by atoms with Crippen molar-refractivity contribution in [3.63, 3.8) is 0 Å². The van der Waals surface area contributed by atoms with Gasteiger partial charge in [0.25, 0.3) is 5.91 Å². The number of carbonyl (C=O) groups is 1. The topological polar surface area (TPSA) is 80.5 Å². The third-order valence-electron chi connectivity index (χ3n) is 7.40. The number of benzene rings is 2. The minimum absolute atomic E-state index is 0.105. The van der Waals surface area contributed by atoms with E-state index < -0.39 is 5.54 Å². The summed E-state index contributed by atoms with van der Waals surface area (Å²) in [6.07, 6.45) is 6.53. The molecule has 176 valence electrons. The monoisotopic (exact) mass is 472 g/mol. The first-order chi connectivity index (χ1) is 16.3. The fourth-order valence-corrected chi connectivity index (χ4v) is 6.15. The number of aryl methyl sites for hydroxylation is 1. The number of aromatic nitrogens is 1. The Balaban J connectivity index is 1.44. The van der Waals surface area contributed by atoms with E-state index in [1.54, 1.807) is 6.20 Å². The van der Waals surface area contributed by atoms with Crippen molar-refractivity contribution in [2.45, 2.75) is 43.5 Å². The van der Waals surface area contributed by atoms with Crippen molar-refractivity contribution in [2.24, 2.45) is 0 Å². The number of anilines is 1. The van der Waals surface area contributed by atoms with E-state index in [1.807, 2.05) is 37.3 Å². The van der Waals surface area contributed by atoms with Gasteiger partial charge in [0.2, 0.25) is 0 Å². The summed E-state index contributed by atoms with van der Waals surface area (Å²) >= 11 is 0. The van der Waals surface area contributed by atoms with Crippen LogP contribution in [0.3, 0.4) is 0 Å². The molecular formula is C27H32N4O2Si. The van der Waals surface area contributed by atoms with E-state index >= 15 is 0 Å². The van der Waals surface area contributed by atoms with Gasteiger partial charge in [-0.1, -0.05) is 18.7 Å². The van der Waals surface area contributed by atoms with Crippen LogP contribution < -0.4 is 15.8 Å². The van der Waals surface area contributed by atoms with E-state index in [-0.39, 0.29) is 11.6 Å². The quantitative estimate of drug-likeness (QED) is 0.408. The number of fused-ring (bicyclic) bond motifs is 1. The molecule has 1 unspecified atom stereocenters. The molecule has 7 heteroatoms. The fourth-order valence-electron chi connectivity index (χ4n) is 5.05. The van der Waals surface area contributed by atoms with E-state index in [1.165, 1.54) is 0 Å². The lowest BCUT2D eigenvalue weighted by molar-refractivity contribution is 0.0566. The number of ether oxygens (including phenoxy) is 1. The largest absolute Gasteiger partial charge is 0.491 e. The van der Waals surface area contributed by atoms with Gasteiger partial charge in [0, 0.05) is 23.2 Å². The van der Waals surface area contributed by atoms with Crippen molar-refractivity contribution in [2.75, 3.05) is 19.3 Å². The van der Waals surface area contributed by atoms with Crippen LogP contribution in [0.1, 0.15) is 46.3 Å². The Bertz CT molecular complexity index is 1290. The molecule has 0 bridgehead atoms. The molecule has 1 aliphatic carbocycles. The lowest BCUT2D eigenvalue weighted by atomic mass is 9.95. The number of nitrogen functional groups attached to an aromatic ring is 1. The number of hydrogen-bond donors (Lipinski definition) is 2. The van der Waals surface area contributed by atoms with Crippen molar-refractivity contribution in [3.8, 4) is 5.75 Å². The normalized spacial score (nSPS) is 19.9. The Kier molecular flexibility index (Phi) is 5.70. The molecule has 2 fully saturated rings. The van der Waals surface area contributed by atoms with Crippen molar-refractivity contribution >= 4 is 38.8 Å². The number of likely N-dealkylation sites (tertiary alicyclic amines) is 1. The molecule has 1 amide bonds. The Labute approximate surface area is 203 Å². The Morgan fingerprint density at radius 1 is 1.38 bits per heavy atom. The third kappa shape index (κ3) is 3.99. The van der Waals surface area contributed by atoms with Crippen LogP contribution in [0.4, 0.5) is 5.69 Å². The number of carbonyl (C=O) groups excluding carboxylic acids is 1. The third-order valence-corrected chi connectivity index (χ3v) is 8.40. The lowest BCUT2D eigenvalue weighted by Crippen LogP contribution is -2.54.